The molecule has 3 rings (SSSR count). The third-order valence-electron chi connectivity index (χ3n) is 5.56. The van der Waals surface area contributed by atoms with E-state index in [0.29, 0.717) is 26.1 Å². The molecule has 2 saturated heterocycles. The molecule has 1 N–H and O–H groups in total. The van der Waals surface area contributed by atoms with E-state index < -0.39 is 11.9 Å². The first-order valence-corrected chi connectivity index (χ1v) is 9.28. The highest BCUT2D eigenvalue weighted by Crippen LogP contribution is 2.33. The monoisotopic (exact) mass is 361 g/mol. The van der Waals surface area contributed by atoms with Crippen molar-refractivity contribution >= 4 is 11.9 Å². The second kappa shape index (κ2) is 8.08. The Morgan fingerprint density at radius 2 is 1.85 bits per heavy atom. The summed E-state index contributed by atoms with van der Waals surface area (Å²) >= 11 is 0. The second-order valence-electron chi connectivity index (χ2n) is 7.30. The van der Waals surface area contributed by atoms with Crippen molar-refractivity contribution in [1.29, 1.82) is 0 Å². The number of carbonyl (C=O) groups is 2. The van der Waals surface area contributed by atoms with Crippen molar-refractivity contribution < 1.29 is 24.2 Å². The molecule has 2 aliphatic heterocycles. The maximum absolute atomic E-state index is 12.5. The van der Waals surface area contributed by atoms with Gasteiger partial charge in [-0.25, -0.2) is 0 Å². The minimum atomic E-state index is -0.770. The molecule has 26 heavy (non-hydrogen) atoms. The number of amides is 1. The first-order valence-electron chi connectivity index (χ1n) is 9.28. The van der Waals surface area contributed by atoms with Crippen LogP contribution >= 0.6 is 0 Å². The summed E-state index contributed by atoms with van der Waals surface area (Å²) in [7, 11) is 0. The summed E-state index contributed by atoms with van der Waals surface area (Å²) in [5, 5.41) is 9.32. The number of likely N-dealkylation sites (tertiary alicyclic amines) is 1. The van der Waals surface area contributed by atoms with Gasteiger partial charge in [-0.3, -0.25) is 9.59 Å². The molecule has 0 saturated carbocycles. The van der Waals surface area contributed by atoms with E-state index in [2.05, 4.69) is 0 Å². The van der Waals surface area contributed by atoms with Crippen molar-refractivity contribution in [3.05, 3.63) is 29.3 Å². The highest BCUT2D eigenvalue weighted by atomic mass is 16.5. The maximum Gasteiger partial charge on any atom is 0.309 e. The van der Waals surface area contributed by atoms with Gasteiger partial charge in [-0.15, -0.1) is 0 Å². The van der Waals surface area contributed by atoms with Crippen molar-refractivity contribution in [3.8, 4) is 5.75 Å². The predicted octanol–water partition coefficient (Wildman–Crippen LogP) is 2.41. The van der Waals surface area contributed by atoms with Crippen molar-refractivity contribution in [1.82, 2.24) is 4.90 Å². The molecule has 1 aromatic rings. The van der Waals surface area contributed by atoms with Crippen LogP contribution in [-0.4, -0.2) is 54.3 Å². The average molecular weight is 361 g/mol. The van der Waals surface area contributed by atoms with Crippen LogP contribution in [0, 0.1) is 25.7 Å². The molecular weight excluding hydrogens is 334 g/mol. The van der Waals surface area contributed by atoms with Gasteiger partial charge in [-0.05, 0) is 50.2 Å². The van der Waals surface area contributed by atoms with Gasteiger partial charge in [0.15, 0.2) is 6.61 Å². The van der Waals surface area contributed by atoms with Crippen molar-refractivity contribution in [3.63, 3.8) is 0 Å². The molecule has 0 spiro atoms. The molecule has 1 amide bonds. The van der Waals surface area contributed by atoms with Crippen LogP contribution in [-0.2, 0) is 14.3 Å². The first kappa shape index (κ1) is 18.7. The van der Waals surface area contributed by atoms with Gasteiger partial charge in [-0.1, -0.05) is 18.2 Å². The van der Waals surface area contributed by atoms with Gasteiger partial charge >= 0.3 is 5.97 Å². The van der Waals surface area contributed by atoms with Crippen LogP contribution in [0.2, 0.25) is 0 Å². The molecule has 6 nitrogen and oxygen atoms in total. The van der Waals surface area contributed by atoms with Gasteiger partial charge in [0, 0.05) is 19.7 Å². The Kier molecular flexibility index (Phi) is 5.81. The first-order chi connectivity index (χ1) is 12.5. The number of carbonyl (C=O) groups excluding carboxylic acids is 1. The minimum Gasteiger partial charge on any atom is -0.483 e. The van der Waals surface area contributed by atoms with Gasteiger partial charge in [0.25, 0.3) is 5.91 Å². The summed E-state index contributed by atoms with van der Waals surface area (Å²) in [6, 6.07) is 5.91. The smallest absolute Gasteiger partial charge is 0.309 e. The van der Waals surface area contributed by atoms with E-state index in [4.69, 9.17) is 9.47 Å². The zero-order chi connectivity index (χ0) is 18.7. The zero-order valence-electron chi connectivity index (χ0n) is 15.4. The van der Waals surface area contributed by atoms with E-state index >= 15 is 0 Å². The number of hydrogen-bond acceptors (Lipinski definition) is 4. The maximum atomic E-state index is 12.5. The largest absolute Gasteiger partial charge is 0.483 e. The topological polar surface area (TPSA) is 76.1 Å². The average Bonchev–Trinajstić information content (AvgIpc) is 3.11. The molecule has 1 aromatic carbocycles. The highest BCUT2D eigenvalue weighted by molar-refractivity contribution is 5.78. The zero-order valence-corrected chi connectivity index (χ0v) is 15.4. The Hall–Kier alpha value is -2.08. The van der Waals surface area contributed by atoms with Gasteiger partial charge in [0.05, 0.1) is 12.0 Å². The summed E-state index contributed by atoms with van der Waals surface area (Å²) in [6.45, 7) is 5.76. The lowest BCUT2D eigenvalue weighted by atomic mass is 9.84. The molecule has 6 heteroatoms. The summed E-state index contributed by atoms with van der Waals surface area (Å²) in [5.74, 6) is -0.211. The molecule has 2 fully saturated rings. The molecule has 0 aliphatic carbocycles. The van der Waals surface area contributed by atoms with E-state index in [1.54, 1.807) is 0 Å². The van der Waals surface area contributed by atoms with Crippen LogP contribution < -0.4 is 4.74 Å². The number of carboxylic acids is 1. The third-order valence-corrected chi connectivity index (χ3v) is 5.56. The molecule has 2 heterocycles. The van der Waals surface area contributed by atoms with Gasteiger partial charge in [-0.2, -0.15) is 0 Å². The summed E-state index contributed by atoms with van der Waals surface area (Å²) in [4.78, 5) is 25.6. The molecule has 0 bridgehead atoms. The lowest BCUT2D eigenvalue weighted by Gasteiger charge is -2.35. The number of benzene rings is 1. The number of aliphatic carboxylic acids is 1. The fourth-order valence-electron chi connectivity index (χ4n) is 4.07. The van der Waals surface area contributed by atoms with E-state index in [1.807, 2.05) is 36.9 Å². The van der Waals surface area contributed by atoms with E-state index in [9.17, 15) is 14.7 Å². The molecule has 142 valence electrons. The number of hydrogen-bond donors (Lipinski definition) is 1. The number of carboxylic acid groups (broad SMARTS) is 1. The summed E-state index contributed by atoms with van der Waals surface area (Å²) < 4.78 is 11.4. The normalized spacial score (nSPS) is 23.8. The SMILES string of the molecule is Cc1cccc(C)c1OCC(=O)N1CCC([C@@H]2OCCC2C(=O)O)CC1. The second-order valence-corrected chi connectivity index (χ2v) is 7.30. The molecule has 2 atom stereocenters. The molecule has 0 aromatic heterocycles. The quantitative estimate of drug-likeness (QED) is 0.872. The Labute approximate surface area is 154 Å². The van der Waals surface area contributed by atoms with E-state index in [-0.39, 0.29) is 24.5 Å². The van der Waals surface area contributed by atoms with Gasteiger partial charge < -0.3 is 19.5 Å². The van der Waals surface area contributed by atoms with Crippen LogP contribution in [0.3, 0.4) is 0 Å². The summed E-state index contributed by atoms with van der Waals surface area (Å²) in [5.41, 5.74) is 2.05. The Morgan fingerprint density at radius 1 is 1.19 bits per heavy atom. The Morgan fingerprint density at radius 3 is 2.46 bits per heavy atom. The third kappa shape index (κ3) is 4.01. The van der Waals surface area contributed by atoms with E-state index in [0.717, 1.165) is 29.7 Å². The fraction of sp³-hybridized carbons (Fsp3) is 0.600. The van der Waals surface area contributed by atoms with Gasteiger partial charge in [0.2, 0.25) is 0 Å². The fourth-order valence-corrected chi connectivity index (χ4v) is 4.07. The number of ether oxygens (including phenoxy) is 2. The van der Waals surface area contributed by atoms with Crippen LogP contribution in [0.25, 0.3) is 0 Å². The predicted molar refractivity (Wildman–Crippen MR) is 96.2 cm³/mol. The van der Waals surface area contributed by atoms with Crippen LogP contribution in [0.4, 0.5) is 0 Å². The van der Waals surface area contributed by atoms with Crippen LogP contribution in [0.1, 0.15) is 30.4 Å². The van der Waals surface area contributed by atoms with Crippen molar-refractivity contribution in [2.24, 2.45) is 11.8 Å². The van der Waals surface area contributed by atoms with Crippen LogP contribution in [0.15, 0.2) is 18.2 Å². The number of aryl methyl sites for hydroxylation is 2. The van der Waals surface area contributed by atoms with Crippen molar-refractivity contribution in [2.45, 2.75) is 39.2 Å². The highest BCUT2D eigenvalue weighted by Gasteiger charge is 2.40. The van der Waals surface area contributed by atoms with Crippen LogP contribution in [0.5, 0.6) is 5.75 Å². The van der Waals surface area contributed by atoms with Crippen molar-refractivity contribution in [2.75, 3.05) is 26.3 Å². The Balaban J connectivity index is 1.50. The number of nitrogens with zero attached hydrogens (tertiary/aromatic N) is 1. The summed E-state index contributed by atoms with van der Waals surface area (Å²) in [6.07, 6.45) is 1.94. The van der Waals surface area contributed by atoms with E-state index in [1.165, 1.54) is 0 Å². The number of piperidine rings is 1. The Bertz CT molecular complexity index is 646. The lowest BCUT2D eigenvalue weighted by molar-refractivity contribution is -0.146. The molecule has 2 aliphatic rings. The number of para-hydroxylation sites is 1. The molecular formula is C20H27NO5. The molecule has 1 unspecified atom stereocenters. The lowest BCUT2D eigenvalue weighted by Crippen LogP contribution is -2.44. The number of rotatable bonds is 5. The molecule has 0 radical (unpaired) electrons. The minimum absolute atomic E-state index is 0.0202. The van der Waals surface area contributed by atoms with Gasteiger partial charge in [0.1, 0.15) is 5.75 Å². The standard InChI is InChI=1S/C20H27NO5/c1-13-4-3-5-14(2)18(13)26-12-17(22)21-9-6-15(7-10-21)19-16(20(23)24)8-11-25-19/h3-5,15-16,19H,6-12H2,1-2H3,(H,23,24)/t16?,19-/m0/s1.